The Kier molecular flexibility index (Phi) is 3.13. The minimum atomic E-state index is -3.60. The van der Waals surface area contributed by atoms with E-state index in [9.17, 15) is 8.78 Å². The summed E-state index contributed by atoms with van der Waals surface area (Å²) in [6, 6.07) is 6.94. The molecular weight excluding hydrogens is 266 g/mol. The van der Waals surface area contributed by atoms with Crippen LogP contribution in [0.3, 0.4) is 0 Å². The Bertz CT molecular complexity index is 557. The SMILES string of the molecule is N#CC1CCCCC1Nc1ccc2c(c1)OC(F)(F)O2. The van der Waals surface area contributed by atoms with Crippen molar-refractivity contribution in [3.63, 3.8) is 0 Å². The molecule has 0 aromatic heterocycles. The number of fused-ring (bicyclic) bond motifs is 1. The monoisotopic (exact) mass is 280 g/mol. The number of nitrogens with one attached hydrogen (secondary N) is 1. The fourth-order valence-electron chi connectivity index (χ4n) is 2.71. The molecule has 3 rings (SSSR count). The predicted molar refractivity (Wildman–Crippen MR) is 67.6 cm³/mol. The van der Waals surface area contributed by atoms with E-state index in [-0.39, 0.29) is 23.5 Å². The number of hydrogen-bond donors (Lipinski definition) is 1. The van der Waals surface area contributed by atoms with Gasteiger partial charge in [0, 0.05) is 17.8 Å². The van der Waals surface area contributed by atoms with Gasteiger partial charge in [-0.15, -0.1) is 8.78 Å². The van der Waals surface area contributed by atoms with Gasteiger partial charge in [0.15, 0.2) is 11.5 Å². The number of rotatable bonds is 2. The lowest BCUT2D eigenvalue weighted by molar-refractivity contribution is -0.286. The predicted octanol–water partition coefficient (Wildman–Crippen LogP) is 3.50. The Labute approximate surface area is 115 Å². The van der Waals surface area contributed by atoms with Gasteiger partial charge < -0.3 is 14.8 Å². The van der Waals surface area contributed by atoms with E-state index in [1.54, 1.807) is 6.07 Å². The molecule has 0 radical (unpaired) electrons. The van der Waals surface area contributed by atoms with E-state index in [0.717, 1.165) is 25.7 Å². The number of hydrogen-bond acceptors (Lipinski definition) is 4. The molecule has 1 aromatic rings. The van der Waals surface area contributed by atoms with Gasteiger partial charge in [-0.1, -0.05) is 12.8 Å². The molecule has 2 atom stereocenters. The largest absolute Gasteiger partial charge is 0.586 e. The Hall–Kier alpha value is -2.03. The van der Waals surface area contributed by atoms with Crippen molar-refractivity contribution >= 4 is 5.69 Å². The maximum absolute atomic E-state index is 12.9. The highest BCUT2D eigenvalue weighted by molar-refractivity contribution is 5.56. The van der Waals surface area contributed by atoms with Gasteiger partial charge in [-0.25, -0.2) is 0 Å². The third kappa shape index (κ3) is 2.48. The molecule has 106 valence electrons. The van der Waals surface area contributed by atoms with E-state index in [1.165, 1.54) is 12.1 Å². The molecule has 1 aromatic carbocycles. The molecule has 1 heterocycles. The minimum Gasteiger partial charge on any atom is -0.395 e. The number of nitriles is 1. The zero-order valence-electron chi connectivity index (χ0n) is 10.7. The third-order valence-electron chi connectivity index (χ3n) is 3.69. The minimum absolute atomic E-state index is 0.0179. The van der Waals surface area contributed by atoms with Crippen molar-refractivity contribution in [2.24, 2.45) is 5.92 Å². The van der Waals surface area contributed by atoms with E-state index < -0.39 is 6.29 Å². The topological polar surface area (TPSA) is 54.3 Å². The Balaban J connectivity index is 1.75. The summed E-state index contributed by atoms with van der Waals surface area (Å²) in [7, 11) is 0. The zero-order valence-corrected chi connectivity index (χ0v) is 10.7. The number of nitrogens with zero attached hydrogens (tertiary/aromatic N) is 1. The standard InChI is InChI=1S/C14H14F2N2O2/c15-14(16)19-12-6-5-10(7-13(12)20-14)18-11-4-2-1-3-9(11)8-17/h5-7,9,11,18H,1-4H2. The molecule has 1 fully saturated rings. The summed E-state index contributed by atoms with van der Waals surface area (Å²) >= 11 is 0. The lowest BCUT2D eigenvalue weighted by Gasteiger charge is -2.28. The highest BCUT2D eigenvalue weighted by atomic mass is 19.3. The van der Waals surface area contributed by atoms with Crippen LogP contribution in [0.15, 0.2) is 18.2 Å². The van der Waals surface area contributed by atoms with E-state index in [2.05, 4.69) is 20.9 Å². The molecule has 1 aliphatic carbocycles. The molecule has 1 N–H and O–H groups in total. The summed E-state index contributed by atoms with van der Waals surface area (Å²) in [5.74, 6) is 0.000887. The lowest BCUT2D eigenvalue weighted by atomic mass is 9.85. The zero-order chi connectivity index (χ0) is 14.2. The van der Waals surface area contributed by atoms with Crippen LogP contribution >= 0.6 is 0 Å². The Morgan fingerprint density at radius 2 is 1.95 bits per heavy atom. The molecule has 6 heteroatoms. The van der Waals surface area contributed by atoms with Gasteiger partial charge in [-0.3, -0.25) is 0 Å². The highest BCUT2D eigenvalue weighted by Gasteiger charge is 2.43. The molecule has 2 unspecified atom stereocenters. The highest BCUT2D eigenvalue weighted by Crippen LogP contribution is 2.42. The molecule has 1 saturated carbocycles. The molecule has 0 saturated heterocycles. The average molecular weight is 280 g/mol. The summed E-state index contributed by atoms with van der Waals surface area (Å²) in [5, 5.41) is 12.4. The van der Waals surface area contributed by atoms with Crippen LogP contribution in [0.2, 0.25) is 0 Å². The summed E-state index contributed by atoms with van der Waals surface area (Å²) in [4.78, 5) is 0. The van der Waals surface area contributed by atoms with Crippen LogP contribution < -0.4 is 14.8 Å². The van der Waals surface area contributed by atoms with Crippen LogP contribution in [0.5, 0.6) is 11.5 Å². The second-order valence-corrected chi connectivity index (χ2v) is 5.10. The van der Waals surface area contributed by atoms with Gasteiger partial charge >= 0.3 is 6.29 Å². The van der Waals surface area contributed by atoms with Gasteiger partial charge in [0.1, 0.15) is 0 Å². The summed E-state index contributed by atoms with van der Waals surface area (Å²) in [6.07, 6.45) is 0.308. The molecule has 0 spiro atoms. The van der Waals surface area contributed by atoms with Gasteiger partial charge in [-0.05, 0) is 25.0 Å². The molecule has 2 aliphatic rings. The van der Waals surface area contributed by atoms with Crippen LogP contribution in [0.4, 0.5) is 14.5 Å². The molecule has 20 heavy (non-hydrogen) atoms. The Morgan fingerprint density at radius 3 is 2.75 bits per heavy atom. The smallest absolute Gasteiger partial charge is 0.395 e. The molecule has 0 amide bonds. The fraction of sp³-hybridized carbons (Fsp3) is 0.500. The number of benzene rings is 1. The van der Waals surface area contributed by atoms with Crippen molar-refractivity contribution < 1.29 is 18.3 Å². The first-order valence-electron chi connectivity index (χ1n) is 6.63. The number of halogens is 2. The van der Waals surface area contributed by atoms with Crippen LogP contribution in [-0.4, -0.2) is 12.3 Å². The summed E-state index contributed by atoms with van der Waals surface area (Å²) in [6.45, 7) is 0. The van der Waals surface area contributed by atoms with Crippen molar-refractivity contribution in [1.29, 1.82) is 5.26 Å². The van der Waals surface area contributed by atoms with Gasteiger partial charge in [0.25, 0.3) is 0 Å². The molecule has 0 bridgehead atoms. The van der Waals surface area contributed by atoms with E-state index in [0.29, 0.717) is 5.69 Å². The normalized spacial score (nSPS) is 26.9. The fourth-order valence-corrected chi connectivity index (χ4v) is 2.71. The maximum atomic E-state index is 12.9. The van der Waals surface area contributed by atoms with Crippen molar-refractivity contribution in [3.8, 4) is 17.6 Å². The van der Waals surface area contributed by atoms with Gasteiger partial charge in [0.2, 0.25) is 0 Å². The number of ether oxygens (including phenoxy) is 2. The lowest BCUT2D eigenvalue weighted by Crippen LogP contribution is -2.31. The first-order valence-corrected chi connectivity index (χ1v) is 6.63. The molecular formula is C14H14F2N2O2. The second-order valence-electron chi connectivity index (χ2n) is 5.10. The van der Waals surface area contributed by atoms with Crippen molar-refractivity contribution in [3.05, 3.63) is 18.2 Å². The van der Waals surface area contributed by atoms with Crippen LogP contribution in [0.25, 0.3) is 0 Å². The quantitative estimate of drug-likeness (QED) is 0.900. The number of anilines is 1. The van der Waals surface area contributed by atoms with Gasteiger partial charge in [0.05, 0.1) is 12.0 Å². The van der Waals surface area contributed by atoms with Crippen LogP contribution in [0, 0.1) is 17.2 Å². The van der Waals surface area contributed by atoms with Crippen LogP contribution in [-0.2, 0) is 0 Å². The van der Waals surface area contributed by atoms with Crippen LogP contribution in [0.1, 0.15) is 25.7 Å². The average Bonchev–Trinajstić information content (AvgIpc) is 2.72. The summed E-state index contributed by atoms with van der Waals surface area (Å²) in [5.41, 5.74) is 0.664. The number of alkyl halides is 2. The third-order valence-corrected chi connectivity index (χ3v) is 3.69. The van der Waals surface area contributed by atoms with E-state index >= 15 is 0 Å². The molecule has 1 aliphatic heterocycles. The maximum Gasteiger partial charge on any atom is 0.586 e. The second kappa shape index (κ2) is 4.82. The summed E-state index contributed by atoms with van der Waals surface area (Å²) < 4.78 is 34.6. The van der Waals surface area contributed by atoms with Crippen molar-refractivity contribution in [1.82, 2.24) is 0 Å². The molecule has 4 nitrogen and oxygen atoms in total. The van der Waals surface area contributed by atoms with Gasteiger partial charge in [-0.2, -0.15) is 5.26 Å². The first kappa shape index (κ1) is 13.0. The van der Waals surface area contributed by atoms with Crippen molar-refractivity contribution in [2.45, 2.75) is 38.0 Å². The Morgan fingerprint density at radius 1 is 1.20 bits per heavy atom. The van der Waals surface area contributed by atoms with E-state index in [4.69, 9.17) is 5.26 Å². The first-order chi connectivity index (χ1) is 9.57. The van der Waals surface area contributed by atoms with Crippen molar-refractivity contribution in [2.75, 3.05) is 5.32 Å². The van der Waals surface area contributed by atoms with E-state index in [1.807, 2.05) is 0 Å².